The molecular weight excluding hydrogens is 268 g/mol. The van der Waals surface area contributed by atoms with Crippen LogP contribution in [0.1, 0.15) is 11.4 Å². The van der Waals surface area contributed by atoms with E-state index in [0.29, 0.717) is 18.1 Å². The summed E-state index contributed by atoms with van der Waals surface area (Å²) in [6, 6.07) is 0. The fourth-order valence-electron chi connectivity index (χ4n) is 1.81. The van der Waals surface area contributed by atoms with Gasteiger partial charge in [0.05, 0.1) is 23.0 Å². The van der Waals surface area contributed by atoms with Gasteiger partial charge >= 0.3 is 5.97 Å². The molecule has 1 rings (SSSR count). The van der Waals surface area contributed by atoms with Crippen LogP contribution in [0, 0.1) is 6.92 Å². The van der Waals surface area contributed by atoms with Gasteiger partial charge in [-0.1, -0.05) is 11.6 Å². The first-order valence-electron chi connectivity index (χ1n) is 6.08. The summed E-state index contributed by atoms with van der Waals surface area (Å²) < 4.78 is 1.71. The molecule has 0 saturated carbocycles. The van der Waals surface area contributed by atoms with Gasteiger partial charge in [-0.25, -0.2) is 0 Å². The number of likely N-dealkylation sites (N-methyl/N-ethyl adjacent to an activating group) is 1. The Morgan fingerprint density at radius 1 is 1.42 bits per heavy atom. The Bertz CT molecular complexity index is 445. The highest BCUT2D eigenvalue weighted by atomic mass is 35.5. The van der Waals surface area contributed by atoms with Crippen molar-refractivity contribution < 1.29 is 9.90 Å². The summed E-state index contributed by atoms with van der Waals surface area (Å²) in [7, 11) is 5.74. The third kappa shape index (κ3) is 4.81. The molecule has 0 aliphatic heterocycles. The Labute approximate surface area is 118 Å². The molecule has 6 nitrogen and oxygen atoms in total. The molecule has 0 bridgehead atoms. The largest absolute Gasteiger partial charge is 0.480 e. The molecule has 0 spiro atoms. The van der Waals surface area contributed by atoms with E-state index in [1.54, 1.807) is 4.68 Å². The van der Waals surface area contributed by atoms with Crippen molar-refractivity contribution in [3.63, 3.8) is 0 Å². The molecular formula is C12H21ClN4O2. The summed E-state index contributed by atoms with van der Waals surface area (Å²) in [5.74, 6) is -0.839. The minimum Gasteiger partial charge on any atom is -0.480 e. The van der Waals surface area contributed by atoms with Crippen molar-refractivity contribution in [3.05, 3.63) is 16.4 Å². The quantitative estimate of drug-likeness (QED) is 0.805. The molecule has 1 N–H and O–H groups in total. The number of hydrogen-bond acceptors (Lipinski definition) is 4. The summed E-state index contributed by atoms with van der Waals surface area (Å²) in [6.07, 6.45) is 0. The number of hydrogen-bond donors (Lipinski definition) is 1. The molecule has 0 atom stereocenters. The summed E-state index contributed by atoms with van der Waals surface area (Å²) in [4.78, 5) is 14.8. The van der Waals surface area contributed by atoms with E-state index >= 15 is 0 Å². The topological polar surface area (TPSA) is 61.6 Å². The monoisotopic (exact) mass is 288 g/mol. The van der Waals surface area contributed by atoms with Crippen LogP contribution in [0.25, 0.3) is 0 Å². The Morgan fingerprint density at radius 3 is 2.47 bits per heavy atom. The lowest BCUT2D eigenvalue weighted by atomic mass is 10.3. The van der Waals surface area contributed by atoms with Crippen molar-refractivity contribution >= 4 is 17.6 Å². The number of carboxylic acids is 1. The van der Waals surface area contributed by atoms with Gasteiger partial charge in [0.15, 0.2) is 0 Å². The molecule has 108 valence electrons. The molecule has 0 aromatic carbocycles. The van der Waals surface area contributed by atoms with Gasteiger partial charge in [-0.15, -0.1) is 0 Å². The van der Waals surface area contributed by atoms with Gasteiger partial charge in [0, 0.05) is 26.7 Å². The van der Waals surface area contributed by atoms with Gasteiger partial charge in [0.2, 0.25) is 0 Å². The lowest BCUT2D eigenvalue weighted by molar-refractivity contribution is -0.138. The van der Waals surface area contributed by atoms with Crippen LogP contribution in [0.5, 0.6) is 0 Å². The van der Waals surface area contributed by atoms with Crippen molar-refractivity contribution in [3.8, 4) is 0 Å². The maximum atomic E-state index is 10.9. The second-order valence-electron chi connectivity index (χ2n) is 4.88. The molecule has 7 heteroatoms. The van der Waals surface area contributed by atoms with Crippen LogP contribution < -0.4 is 0 Å². The summed E-state index contributed by atoms with van der Waals surface area (Å²) in [5.41, 5.74) is 1.61. The number of aliphatic carboxylic acids is 1. The van der Waals surface area contributed by atoms with E-state index < -0.39 is 5.97 Å². The van der Waals surface area contributed by atoms with E-state index in [9.17, 15) is 4.79 Å². The first-order chi connectivity index (χ1) is 8.81. The predicted octanol–water partition coefficient (Wildman–Crippen LogP) is 0.830. The maximum Gasteiger partial charge on any atom is 0.317 e. The smallest absolute Gasteiger partial charge is 0.317 e. The van der Waals surface area contributed by atoms with Gasteiger partial charge < -0.3 is 10.0 Å². The van der Waals surface area contributed by atoms with Crippen LogP contribution in [0.4, 0.5) is 0 Å². The number of aromatic nitrogens is 2. The van der Waals surface area contributed by atoms with Gasteiger partial charge in [-0.3, -0.25) is 14.4 Å². The van der Waals surface area contributed by atoms with Gasteiger partial charge in [0.1, 0.15) is 0 Å². The zero-order valence-electron chi connectivity index (χ0n) is 11.9. The van der Waals surface area contributed by atoms with Crippen molar-refractivity contribution in [1.82, 2.24) is 19.6 Å². The van der Waals surface area contributed by atoms with Crippen LogP contribution in [0.2, 0.25) is 5.02 Å². The lowest BCUT2D eigenvalue weighted by Gasteiger charge is -2.22. The average molecular weight is 289 g/mol. The highest BCUT2D eigenvalue weighted by Crippen LogP contribution is 2.20. The van der Waals surface area contributed by atoms with Crippen molar-refractivity contribution in [2.45, 2.75) is 13.5 Å². The second-order valence-corrected chi connectivity index (χ2v) is 5.26. The molecule has 0 aliphatic rings. The predicted molar refractivity (Wildman–Crippen MR) is 74.4 cm³/mol. The summed E-state index contributed by atoms with van der Waals surface area (Å²) >= 11 is 6.19. The van der Waals surface area contributed by atoms with Crippen LogP contribution >= 0.6 is 11.6 Å². The highest BCUT2D eigenvalue weighted by molar-refractivity contribution is 6.31. The van der Waals surface area contributed by atoms with E-state index in [1.807, 2.05) is 37.9 Å². The minimum atomic E-state index is -0.839. The second kappa shape index (κ2) is 6.88. The van der Waals surface area contributed by atoms with E-state index in [0.717, 1.165) is 17.9 Å². The molecule has 0 amide bonds. The number of halogens is 1. The fourth-order valence-corrected chi connectivity index (χ4v) is 2.03. The number of carbonyl (C=O) groups is 1. The van der Waals surface area contributed by atoms with Crippen molar-refractivity contribution in [2.24, 2.45) is 7.05 Å². The summed E-state index contributed by atoms with van der Waals surface area (Å²) in [6.45, 7) is 3.78. The number of nitrogens with zero attached hydrogens (tertiary/aromatic N) is 4. The normalized spacial score (nSPS) is 11.5. The Balaban J connectivity index is 2.78. The molecule has 1 heterocycles. The zero-order chi connectivity index (χ0) is 14.6. The lowest BCUT2D eigenvalue weighted by Crippen LogP contribution is -2.35. The van der Waals surface area contributed by atoms with Crippen molar-refractivity contribution in [2.75, 3.05) is 33.7 Å². The van der Waals surface area contributed by atoms with E-state index in [2.05, 4.69) is 5.10 Å². The van der Waals surface area contributed by atoms with Gasteiger partial charge in [-0.2, -0.15) is 5.10 Å². The van der Waals surface area contributed by atoms with Crippen molar-refractivity contribution in [1.29, 1.82) is 0 Å². The number of aryl methyl sites for hydroxylation is 2. The third-order valence-corrected chi connectivity index (χ3v) is 3.35. The third-order valence-electron chi connectivity index (χ3n) is 2.86. The Morgan fingerprint density at radius 2 is 2.05 bits per heavy atom. The molecule has 0 radical (unpaired) electrons. The Kier molecular flexibility index (Phi) is 5.78. The van der Waals surface area contributed by atoms with Crippen LogP contribution in [0.15, 0.2) is 0 Å². The summed E-state index contributed by atoms with van der Waals surface area (Å²) in [5, 5.41) is 13.8. The van der Waals surface area contributed by atoms with Crippen LogP contribution in [-0.2, 0) is 18.4 Å². The number of rotatable bonds is 7. The van der Waals surface area contributed by atoms with Gasteiger partial charge in [0.25, 0.3) is 0 Å². The molecule has 0 aliphatic carbocycles. The van der Waals surface area contributed by atoms with E-state index in [4.69, 9.17) is 16.7 Å². The molecule has 1 aromatic rings. The Hall–Kier alpha value is -1.11. The SMILES string of the molecule is Cc1nn(C)c(CN(CCN(C)C)CC(=O)O)c1Cl. The molecule has 0 unspecified atom stereocenters. The number of carboxylic acid groups (broad SMARTS) is 1. The minimum absolute atomic E-state index is 0.00556. The highest BCUT2D eigenvalue weighted by Gasteiger charge is 2.17. The zero-order valence-corrected chi connectivity index (χ0v) is 12.6. The molecule has 19 heavy (non-hydrogen) atoms. The van der Waals surface area contributed by atoms with Gasteiger partial charge in [-0.05, 0) is 21.0 Å². The molecule has 0 fully saturated rings. The molecule has 1 aromatic heterocycles. The standard InChI is InChI=1S/C12H21ClN4O2/c1-9-12(13)10(16(4)14-9)7-17(8-11(18)19)6-5-15(2)3/h5-8H2,1-4H3,(H,18,19). The van der Waals surface area contributed by atoms with E-state index in [1.165, 1.54) is 0 Å². The first-order valence-corrected chi connectivity index (χ1v) is 6.46. The van der Waals surface area contributed by atoms with E-state index in [-0.39, 0.29) is 6.54 Å². The first kappa shape index (κ1) is 15.9. The maximum absolute atomic E-state index is 10.9. The molecule has 0 saturated heterocycles. The fraction of sp³-hybridized carbons (Fsp3) is 0.667. The van der Waals surface area contributed by atoms with Crippen LogP contribution in [-0.4, -0.2) is 64.4 Å². The average Bonchev–Trinajstić information content (AvgIpc) is 2.52. The van der Waals surface area contributed by atoms with Crippen LogP contribution in [0.3, 0.4) is 0 Å².